The summed E-state index contributed by atoms with van der Waals surface area (Å²) in [6, 6.07) is 2.79. The van der Waals surface area contributed by atoms with Crippen molar-refractivity contribution in [2.45, 2.75) is 77.9 Å². The summed E-state index contributed by atoms with van der Waals surface area (Å²) in [6.07, 6.45) is 9.09. The van der Waals surface area contributed by atoms with E-state index in [-0.39, 0.29) is 21.9 Å². The van der Waals surface area contributed by atoms with Crippen LogP contribution in [0.4, 0.5) is 14.5 Å². The summed E-state index contributed by atoms with van der Waals surface area (Å²) in [6.45, 7) is 14.0. The molecule has 1 aliphatic carbocycles. The van der Waals surface area contributed by atoms with Crippen molar-refractivity contribution < 1.29 is 28.6 Å². The summed E-state index contributed by atoms with van der Waals surface area (Å²) in [7, 11) is 0. The molecule has 0 spiro atoms. The molecule has 1 saturated heterocycles. The lowest BCUT2D eigenvalue weighted by atomic mass is 9.85. The molecule has 0 bridgehead atoms. The fourth-order valence-corrected chi connectivity index (χ4v) is 5.02. The van der Waals surface area contributed by atoms with Gasteiger partial charge in [0, 0.05) is 24.7 Å². The third-order valence-electron chi connectivity index (χ3n) is 6.73. The Morgan fingerprint density at radius 3 is 2.33 bits per heavy atom. The Bertz CT molecular complexity index is 1080. The van der Waals surface area contributed by atoms with Crippen LogP contribution in [0.2, 0.25) is 5.02 Å². The third kappa shape index (κ3) is 15.8. The number of aliphatic hydroxyl groups excluding tert-OH is 2. The van der Waals surface area contributed by atoms with Crippen LogP contribution in [0.5, 0.6) is 0 Å². The van der Waals surface area contributed by atoms with Gasteiger partial charge in [0.1, 0.15) is 11.6 Å². The van der Waals surface area contributed by atoms with Crippen molar-refractivity contribution in [1.82, 2.24) is 10.6 Å². The molecule has 7 nitrogen and oxygen atoms in total. The van der Waals surface area contributed by atoms with Crippen LogP contribution < -0.4 is 16.0 Å². The van der Waals surface area contributed by atoms with E-state index in [4.69, 9.17) is 23.2 Å². The highest BCUT2D eigenvalue weighted by Crippen LogP contribution is 2.37. The number of carbonyl (C=O) groups excluding carboxylic acids is 2. The second-order valence-electron chi connectivity index (χ2n) is 12.4. The van der Waals surface area contributed by atoms with Crippen LogP contribution >= 0.6 is 23.2 Å². The second kappa shape index (κ2) is 19.9. The van der Waals surface area contributed by atoms with Crippen LogP contribution in [-0.4, -0.2) is 54.9 Å². The van der Waals surface area contributed by atoms with E-state index in [1.807, 2.05) is 6.08 Å². The first-order valence-corrected chi connectivity index (χ1v) is 15.2. The fraction of sp³-hybridized carbons (Fsp3) is 0.562. The molecule has 0 radical (unpaired) electrons. The number of rotatable bonds is 12. The maximum absolute atomic E-state index is 13.9. The van der Waals surface area contributed by atoms with Crippen molar-refractivity contribution >= 4 is 41.7 Å². The maximum Gasteiger partial charge on any atom is 0.211 e. The highest BCUT2D eigenvalue weighted by molar-refractivity contribution is 6.31. The van der Waals surface area contributed by atoms with Gasteiger partial charge in [-0.25, -0.2) is 8.78 Å². The molecule has 1 saturated carbocycles. The van der Waals surface area contributed by atoms with Crippen molar-refractivity contribution in [1.29, 1.82) is 0 Å². The zero-order chi connectivity index (χ0) is 32.6. The number of amides is 2. The molecule has 1 aromatic rings. The van der Waals surface area contributed by atoms with E-state index in [1.54, 1.807) is 6.08 Å². The van der Waals surface area contributed by atoms with E-state index in [2.05, 4.69) is 50.2 Å². The van der Waals surface area contributed by atoms with Gasteiger partial charge in [-0.3, -0.25) is 9.59 Å². The van der Waals surface area contributed by atoms with Crippen LogP contribution in [0.15, 0.2) is 47.8 Å². The molecule has 2 amide bonds. The first-order valence-electron chi connectivity index (χ1n) is 14.5. The van der Waals surface area contributed by atoms with Gasteiger partial charge < -0.3 is 26.2 Å². The van der Waals surface area contributed by atoms with Crippen molar-refractivity contribution in [3.63, 3.8) is 0 Å². The molecule has 1 aliphatic heterocycles. The van der Waals surface area contributed by atoms with Crippen LogP contribution in [-0.2, 0) is 9.59 Å². The molecule has 3 rings (SSSR count). The molecule has 43 heavy (non-hydrogen) atoms. The molecule has 2 fully saturated rings. The van der Waals surface area contributed by atoms with E-state index >= 15 is 0 Å². The number of carbonyl (C=O) groups is 2. The summed E-state index contributed by atoms with van der Waals surface area (Å²) in [5.41, 5.74) is 1.70. The molecular formula is C32H47Cl2F2N3O4. The summed E-state index contributed by atoms with van der Waals surface area (Å²) in [5.74, 6) is -0.601. The standard InChI is InChI=1S/C18H18Cl2F2N2O.C9H17NO3.C5H12/c1-11(21)15(19)5-3-2-4-12-8-23-9-14(12)13-6-17(22)16(20)7-18(13)24-10-25;11-6-10-3-1-2-7-4-8(12)9(13)5-7;1-5(2,3)4/h2-3,5-7,10,12,14,23H,1,4,8-9H2,(H,24,25);6-9,12-13H,1-5H2,(H,10,11);1-4H3/b3-2-,15-5+;;/t;7?,8-,9+;. The van der Waals surface area contributed by atoms with Gasteiger partial charge in [-0.1, -0.05) is 69.6 Å². The Morgan fingerprint density at radius 1 is 1.14 bits per heavy atom. The Labute approximate surface area is 264 Å². The first-order chi connectivity index (χ1) is 20.2. The Kier molecular flexibility index (Phi) is 17.9. The van der Waals surface area contributed by atoms with Crippen molar-refractivity contribution in [3.8, 4) is 0 Å². The molecule has 242 valence electrons. The number of allylic oxidation sites excluding steroid dienone is 5. The van der Waals surface area contributed by atoms with Gasteiger partial charge in [0.05, 0.1) is 22.3 Å². The Balaban J connectivity index is 0.000000426. The van der Waals surface area contributed by atoms with Gasteiger partial charge in [-0.15, -0.1) is 0 Å². The largest absolute Gasteiger partial charge is 0.390 e. The molecule has 1 heterocycles. The number of halogens is 4. The summed E-state index contributed by atoms with van der Waals surface area (Å²) >= 11 is 11.5. The summed E-state index contributed by atoms with van der Waals surface area (Å²) < 4.78 is 26.7. The number of benzene rings is 1. The zero-order valence-electron chi connectivity index (χ0n) is 25.5. The molecule has 2 aliphatic rings. The number of hydrogen-bond donors (Lipinski definition) is 5. The monoisotopic (exact) mass is 645 g/mol. The van der Waals surface area contributed by atoms with Crippen LogP contribution in [0.1, 0.15) is 71.3 Å². The molecule has 3 unspecified atom stereocenters. The lowest BCUT2D eigenvalue weighted by Crippen LogP contribution is -2.17. The molecule has 0 aromatic heterocycles. The van der Waals surface area contributed by atoms with E-state index < -0.39 is 23.9 Å². The molecule has 1 aromatic carbocycles. The normalized spacial score (nSPS) is 23.6. The van der Waals surface area contributed by atoms with Crippen molar-refractivity contribution in [2.75, 3.05) is 25.0 Å². The van der Waals surface area contributed by atoms with Crippen molar-refractivity contribution in [3.05, 3.63) is 64.2 Å². The average Bonchev–Trinajstić information content (AvgIpc) is 3.51. The average molecular weight is 647 g/mol. The number of hydrogen-bond acceptors (Lipinski definition) is 5. The highest BCUT2D eigenvalue weighted by Gasteiger charge is 2.31. The maximum atomic E-state index is 13.9. The number of nitrogens with one attached hydrogen (secondary N) is 3. The molecular weight excluding hydrogens is 599 g/mol. The van der Waals surface area contributed by atoms with Gasteiger partial charge in [-0.2, -0.15) is 0 Å². The number of aliphatic hydroxyl groups is 2. The minimum atomic E-state index is -0.687. The zero-order valence-corrected chi connectivity index (χ0v) is 27.0. The van der Waals surface area contributed by atoms with Crippen LogP contribution in [0.3, 0.4) is 0 Å². The quantitative estimate of drug-likeness (QED) is 0.0999. The lowest BCUT2D eigenvalue weighted by Gasteiger charge is -2.21. The highest BCUT2D eigenvalue weighted by atomic mass is 35.5. The predicted molar refractivity (Wildman–Crippen MR) is 171 cm³/mol. The van der Waals surface area contributed by atoms with E-state index in [0.717, 1.165) is 19.4 Å². The van der Waals surface area contributed by atoms with Gasteiger partial charge in [0.15, 0.2) is 0 Å². The minimum absolute atomic E-state index is 0.00876. The second-order valence-corrected chi connectivity index (χ2v) is 13.2. The van der Waals surface area contributed by atoms with Gasteiger partial charge in [0.2, 0.25) is 12.8 Å². The van der Waals surface area contributed by atoms with E-state index in [0.29, 0.717) is 67.8 Å². The summed E-state index contributed by atoms with van der Waals surface area (Å²) in [4.78, 5) is 20.7. The third-order valence-corrected chi connectivity index (χ3v) is 7.35. The molecule has 5 N–H and O–H groups in total. The van der Waals surface area contributed by atoms with Gasteiger partial charge >= 0.3 is 0 Å². The van der Waals surface area contributed by atoms with E-state index in [9.17, 15) is 28.6 Å². The van der Waals surface area contributed by atoms with Gasteiger partial charge in [-0.05, 0) is 79.7 Å². The van der Waals surface area contributed by atoms with Crippen molar-refractivity contribution in [2.24, 2.45) is 17.3 Å². The fourth-order valence-electron chi connectivity index (χ4n) is 4.78. The molecule has 11 heteroatoms. The number of anilines is 1. The topological polar surface area (TPSA) is 111 Å². The predicted octanol–water partition coefficient (Wildman–Crippen LogP) is 6.60. The van der Waals surface area contributed by atoms with E-state index in [1.165, 1.54) is 18.2 Å². The first kappa shape index (κ1) is 38.7. The summed E-state index contributed by atoms with van der Waals surface area (Å²) in [5, 5.41) is 26.9. The molecule has 5 atom stereocenters. The minimum Gasteiger partial charge on any atom is -0.390 e. The smallest absolute Gasteiger partial charge is 0.211 e. The van der Waals surface area contributed by atoms with Crippen LogP contribution in [0.25, 0.3) is 0 Å². The van der Waals surface area contributed by atoms with Crippen LogP contribution in [0, 0.1) is 23.1 Å². The lowest BCUT2D eigenvalue weighted by molar-refractivity contribution is -0.109. The SMILES string of the molecule is C=C(F)/C(Cl)=C\C=C/CC1CNCC1c1cc(F)c(Cl)cc1NC=O.CC(C)(C)C.O=CNCCCC1C[C@@H](O)[C@@H](O)C1. The Morgan fingerprint density at radius 2 is 1.77 bits per heavy atom. The Hall–Kier alpha value is -2.30. The van der Waals surface area contributed by atoms with Gasteiger partial charge in [0.25, 0.3) is 0 Å².